The molecule has 0 aliphatic heterocycles. The van der Waals surface area contributed by atoms with Crippen LogP contribution in [0.4, 0.5) is 0 Å². The topological polar surface area (TPSA) is 44.1 Å². The Labute approximate surface area is 113 Å². The summed E-state index contributed by atoms with van der Waals surface area (Å²) in [5.41, 5.74) is 1.51. The van der Waals surface area contributed by atoms with Gasteiger partial charge in [0.2, 0.25) is 0 Å². The number of carbonyl (C=O) groups is 1. The Kier molecular flexibility index (Phi) is 5.18. The summed E-state index contributed by atoms with van der Waals surface area (Å²) < 4.78 is 0. The number of aryl methyl sites for hydroxylation is 1. The normalized spacial score (nSPS) is 11.7. The van der Waals surface area contributed by atoms with Gasteiger partial charge in [0, 0.05) is 23.7 Å². The molecule has 1 atom stereocenters. The zero-order valence-electron chi connectivity index (χ0n) is 10.9. The van der Waals surface area contributed by atoms with Crippen LogP contribution in [0.5, 0.6) is 0 Å². The second kappa shape index (κ2) is 6.42. The molecule has 0 aliphatic carbocycles. The maximum atomic E-state index is 12.2. The van der Waals surface area contributed by atoms with Gasteiger partial charge < -0.3 is 4.90 Å². The monoisotopic (exact) mass is 264 g/mol. The highest BCUT2D eigenvalue weighted by Crippen LogP contribution is 2.18. The van der Waals surface area contributed by atoms with Crippen molar-refractivity contribution < 1.29 is 4.79 Å². The molecule has 4 heteroatoms. The number of amides is 1. The highest BCUT2D eigenvalue weighted by atomic mass is 35.5. The molecule has 1 aromatic rings. The van der Waals surface area contributed by atoms with Gasteiger partial charge in [-0.2, -0.15) is 5.26 Å². The van der Waals surface area contributed by atoms with Crippen molar-refractivity contribution in [1.82, 2.24) is 4.90 Å². The number of carbonyl (C=O) groups excluding carboxylic acids is 1. The lowest BCUT2D eigenvalue weighted by Gasteiger charge is -2.22. The highest BCUT2D eigenvalue weighted by molar-refractivity contribution is 6.31. The van der Waals surface area contributed by atoms with Gasteiger partial charge in [-0.1, -0.05) is 17.7 Å². The first-order valence-corrected chi connectivity index (χ1v) is 6.32. The van der Waals surface area contributed by atoms with Crippen molar-refractivity contribution in [2.75, 3.05) is 13.1 Å². The molecule has 0 spiro atoms. The number of nitriles is 1. The number of benzene rings is 1. The van der Waals surface area contributed by atoms with E-state index in [1.54, 1.807) is 24.0 Å². The first-order chi connectivity index (χ1) is 8.49. The summed E-state index contributed by atoms with van der Waals surface area (Å²) in [5, 5.41) is 9.39. The summed E-state index contributed by atoms with van der Waals surface area (Å²) in [4.78, 5) is 13.9. The van der Waals surface area contributed by atoms with E-state index in [0.717, 1.165) is 5.56 Å². The van der Waals surface area contributed by atoms with E-state index in [4.69, 9.17) is 16.9 Å². The number of rotatable bonds is 4. The van der Waals surface area contributed by atoms with Crippen LogP contribution in [-0.2, 0) is 0 Å². The average molecular weight is 265 g/mol. The molecule has 0 aliphatic rings. The van der Waals surface area contributed by atoms with Crippen molar-refractivity contribution in [1.29, 1.82) is 5.26 Å². The maximum Gasteiger partial charge on any atom is 0.253 e. The molecule has 0 saturated heterocycles. The Balaban J connectivity index is 2.90. The van der Waals surface area contributed by atoms with E-state index in [2.05, 4.69) is 6.07 Å². The van der Waals surface area contributed by atoms with E-state index in [1.807, 2.05) is 19.9 Å². The molecule has 0 bridgehead atoms. The smallest absolute Gasteiger partial charge is 0.253 e. The SMILES string of the molecule is CCN(CC(C)C#N)C(=O)c1ccc(C)c(Cl)c1. The molecule has 0 N–H and O–H groups in total. The quantitative estimate of drug-likeness (QED) is 0.838. The second-order valence-corrected chi connectivity index (χ2v) is 4.75. The van der Waals surface area contributed by atoms with E-state index in [-0.39, 0.29) is 11.8 Å². The van der Waals surface area contributed by atoms with E-state index in [9.17, 15) is 4.79 Å². The van der Waals surface area contributed by atoms with Crippen LogP contribution in [0.3, 0.4) is 0 Å². The summed E-state index contributed by atoms with van der Waals surface area (Å²) in [6, 6.07) is 7.41. The molecule has 1 amide bonds. The molecule has 1 rings (SSSR count). The van der Waals surface area contributed by atoms with Crippen LogP contribution in [-0.4, -0.2) is 23.9 Å². The number of nitrogens with zero attached hydrogens (tertiary/aromatic N) is 2. The van der Waals surface area contributed by atoms with E-state index in [1.165, 1.54) is 0 Å². The van der Waals surface area contributed by atoms with Crippen molar-refractivity contribution >= 4 is 17.5 Å². The maximum absolute atomic E-state index is 12.2. The number of halogens is 1. The highest BCUT2D eigenvalue weighted by Gasteiger charge is 2.17. The van der Waals surface area contributed by atoms with Gasteiger partial charge in [0.1, 0.15) is 0 Å². The van der Waals surface area contributed by atoms with Gasteiger partial charge in [0.05, 0.1) is 12.0 Å². The fourth-order valence-corrected chi connectivity index (χ4v) is 1.82. The molecule has 3 nitrogen and oxygen atoms in total. The molecule has 0 saturated carbocycles. The summed E-state index contributed by atoms with van der Waals surface area (Å²) in [7, 11) is 0. The molecule has 0 aromatic heterocycles. The molecular formula is C14H17ClN2O. The van der Waals surface area contributed by atoms with Crippen LogP contribution >= 0.6 is 11.6 Å². The summed E-state index contributed by atoms with van der Waals surface area (Å²) in [5.74, 6) is -0.253. The molecule has 1 unspecified atom stereocenters. The average Bonchev–Trinajstić information content (AvgIpc) is 2.38. The van der Waals surface area contributed by atoms with E-state index < -0.39 is 0 Å². The van der Waals surface area contributed by atoms with Crippen molar-refractivity contribution in [3.8, 4) is 6.07 Å². The zero-order valence-corrected chi connectivity index (χ0v) is 11.7. The molecule has 1 aromatic carbocycles. The van der Waals surface area contributed by atoms with Crippen molar-refractivity contribution in [3.63, 3.8) is 0 Å². The minimum atomic E-state index is -0.171. The summed E-state index contributed by atoms with van der Waals surface area (Å²) in [6.07, 6.45) is 0. The van der Waals surface area contributed by atoms with E-state index >= 15 is 0 Å². The Hall–Kier alpha value is -1.53. The predicted octanol–water partition coefficient (Wildman–Crippen LogP) is 3.27. The Morgan fingerprint density at radius 1 is 1.56 bits per heavy atom. The Morgan fingerprint density at radius 3 is 2.72 bits per heavy atom. The molecule has 96 valence electrons. The summed E-state index contributed by atoms with van der Waals surface area (Å²) in [6.45, 7) is 6.62. The van der Waals surface area contributed by atoms with Gasteiger partial charge in [0.25, 0.3) is 5.91 Å². The van der Waals surface area contributed by atoms with Crippen LogP contribution in [0.2, 0.25) is 5.02 Å². The predicted molar refractivity (Wildman–Crippen MR) is 72.5 cm³/mol. The van der Waals surface area contributed by atoms with Gasteiger partial charge in [-0.25, -0.2) is 0 Å². The molecule has 18 heavy (non-hydrogen) atoms. The van der Waals surface area contributed by atoms with Crippen LogP contribution in [0.15, 0.2) is 18.2 Å². The molecular weight excluding hydrogens is 248 g/mol. The number of hydrogen-bond acceptors (Lipinski definition) is 2. The standard InChI is InChI=1S/C14H17ClN2O/c1-4-17(9-10(2)8-16)14(18)12-6-5-11(3)13(15)7-12/h5-7,10H,4,9H2,1-3H3. The van der Waals surface area contributed by atoms with Crippen LogP contribution in [0.25, 0.3) is 0 Å². The van der Waals surface area contributed by atoms with Crippen LogP contribution in [0, 0.1) is 24.2 Å². The summed E-state index contributed by atoms with van der Waals surface area (Å²) >= 11 is 6.02. The third kappa shape index (κ3) is 3.48. The second-order valence-electron chi connectivity index (χ2n) is 4.34. The lowest BCUT2D eigenvalue weighted by molar-refractivity contribution is 0.0752. The van der Waals surface area contributed by atoms with Crippen LogP contribution < -0.4 is 0 Å². The first kappa shape index (κ1) is 14.5. The first-order valence-electron chi connectivity index (χ1n) is 5.94. The fourth-order valence-electron chi connectivity index (χ4n) is 1.64. The molecule has 0 fully saturated rings. The molecule has 0 heterocycles. The van der Waals surface area contributed by atoms with Gasteiger partial charge >= 0.3 is 0 Å². The Morgan fingerprint density at radius 2 is 2.22 bits per heavy atom. The van der Waals surface area contributed by atoms with Crippen molar-refractivity contribution in [3.05, 3.63) is 34.3 Å². The van der Waals surface area contributed by atoms with E-state index in [0.29, 0.717) is 23.7 Å². The lowest BCUT2D eigenvalue weighted by Crippen LogP contribution is -2.34. The molecule has 0 radical (unpaired) electrons. The van der Waals surface area contributed by atoms with Gasteiger partial charge in [-0.05, 0) is 38.5 Å². The minimum Gasteiger partial charge on any atom is -0.338 e. The van der Waals surface area contributed by atoms with Crippen molar-refractivity contribution in [2.45, 2.75) is 20.8 Å². The van der Waals surface area contributed by atoms with Crippen LogP contribution in [0.1, 0.15) is 29.8 Å². The zero-order chi connectivity index (χ0) is 13.7. The Bertz CT molecular complexity index is 479. The number of hydrogen-bond donors (Lipinski definition) is 0. The van der Waals surface area contributed by atoms with Gasteiger partial charge in [-0.3, -0.25) is 4.79 Å². The van der Waals surface area contributed by atoms with Crippen molar-refractivity contribution in [2.24, 2.45) is 5.92 Å². The third-order valence-corrected chi connectivity index (χ3v) is 3.21. The minimum absolute atomic E-state index is 0.0819. The van der Waals surface area contributed by atoms with Gasteiger partial charge in [-0.15, -0.1) is 0 Å². The lowest BCUT2D eigenvalue weighted by atomic mass is 10.1. The third-order valence-electron chi connectivity index (χ3n) is 2.80. The largest absolute Gasteiger partial charge is 0.338 e. The fraction of sp³-hybridized carbons (Fsp3) is 0.429. The van der Waals surface area contributed by atoms with Gasteiger partial charge in [0.15, 0.2) is 0 Å².